The SMILES string of the molecule is CCOC(=O)C1=C(CN2CCN(c3ccccc3)CC2)NC(=O)N[C@@H]1c1ccc(CC)cc1. The van der Waals surface area contributed by atoms with Gasteiger partial charge in [-0.1, -0.05) is 49.4 Å². The van der Waals surface area contributed by atoms with E-state index in [2.05, 4.69) is 51.6 Å². The highest BCUT2D eigenvalue weighted by atomic mass is 16.5. The van der Waals surface area contributed by atoms with Crippen LogP contribution in [0.1, 0.15) is 31.0 Å². The molecule has 0 spiro atoms. The summed E-state index contributed by atoms with van der Waals surface area (Å²) in [6.07, 6.45) is 0.930. The Hall–Kier alpha value is -3.32. The summed E-state index contributed by atoms with van der Waals surface area (Å²) in [4.78, 5) is 30.2. The number of esters is 1. The predicted molar refractivity (Wildman–Crippen MR) is 129 cm³/mol. The minimum atomic E-state index is -0.538. The number of hydrogen-bond donors (Lipinski definition) is 2. The second-order valence-electron chi connectivity index (χ2n) is 8.34. The minimum Gasteiger partial charge on any atom is -0.463 e. The van der Waals surface area contributed by atoms with Gasteiger partial charge in [0.1, 0.15) is 0 Å². The normalized spacial score (nSPS) is 19.2. The molecule has 1 fully saturated rings. The van der Waals surface area contributed by atoms with E-state index in [0.717, 1.165) is 38.2 Å². The zero-order valence-electron chi connectivity index (χ0n) is 19.3. The molecule has 1 atom stereocenters. The van der Waals surface area contributed by atoms with E-state index in [9.17, 15) is 9.59 Å². The average Bonchev–Trinajstić information content (AvgIpc) is 2.85. The Morgan fingerprint density at radius 3 is 2.33 bits per heavy atom. The fourth-order valence-corrected chi connectivity index (χ4v) is 4.41. The monoisotopic (exact) mass is 448 g/mol. The summed E-state index contributed by atoms with van der Waals surface area (Å²) in [6, 6.07) is 17.6. The maximum atomic E-state index is 13.0. The topological polar surface area (TPSA) is 73.9 Å². The molecule has 2 aromatic carbocycles. The molecular formula is C26H32N4O3. The molecule has 1 saturated heterocycles. The number of carbonyl (C=O) groups is 2. The van der Waals surface area contributed by atoms with Crippen LogP contribution in [0.25, 0.3) is 0 Å². The lowest BCUT2D eigenvalue weighted by molar-refractivity contribution is -0.139. The van der Waals surface area contributed by atoms with E-state index in [4.69, 9.17) is 4.74 Å². The lowest BCUT2D eigenvalue weighted by Crippen LogP contribution is -2.51. The first-order valence-corrected chi connectivity index (χ1v) is 11.7. The van der Waals surface area contributed by atoms with Crippen LogP contribution in [0.2, 0.25) is 0 Å². The van der Waals surface area contributed by atoms with Crippen LogP contribution in [0.3, 0.4) is 0 Å². The molecule has 7 heteroatoms. The van der Waals surface area contributed by atoms with Gasteiger partial charge in [0.2, 0.25) is 0 Å². The molecule has 33 heavy (non-hydrogen) atoms. The molecule has 2 N–H and O–H groups in total. The highest BCUT2D eigenvalue weighted by molar-refractivity contribution is 5.95. The number of benzene rings is 2. The number of para-hydroxylation sites is 1. The Morgan fingerprint density at radius 2 is 1.70 bits per heavy atom. The molecule has 7 nitrogen and oxygen atoms in total. The Labute approximate surface area is 195 Å². The maximum Gasteiger partial charge on any atom is 0.338 e. The van der Waals surface area contributed by atoms with Crippen molar-refractivity contribution in [1.29, 1.82) is 0 Å². The number of urea groups is 1. The van der Waals surface area contributed by atoms with E-state index < -0.39 is 12.0 Å². The van der Waals surface area contributed by atoms with Crippen LogP contribution >= 0.6 is 0 Å². The lowest BCUT2D eigenvalue weighted by Gasteiger charge is -2.38. The zero-order chi connectivity index (χ0) is 23.2. The fraction of sp³-hybridized carbons (Fsp3) is 0.385. The van der Waals surface area contributed by atoms with Gasteiger partial charge in [-0.3, -0.25) is 4.90 Å². The van der Waals surface area contributed by atoms with Crippen molar-refractivity contribution in [3.8, 4) is 0 Å². The molecule has 4 rings (SSSR count). The molecule has 2 aromatic rings. The Bertz CT molecular complexity index is 996. The van der Waals surface area contributed by atoms with Crippen molar-refractivity contribution in [2.24, 2.45) is 0 Å². The van der Waals surface area contributed by atoms with Crippen LogP contribution in [-0.4, -0.2) is 56.2 Å². The number of rotatable bonds is 7. The standard InChI is InChI=1S/C26H32N4O3/c1-3-19-10-12-20(13-11-19)24-23(25(31)33-4-2)22(27-26(32)28-24)18-29-14-16-30(17-15-29)21-8-6-5-7-9-21/h5-13,24H,3-4,14-18H2,1-2H3,(H2,27,28,32)/t24-/m1/s1. The quantitative estimate of drug-likeness (QED) is 0.636. The van der Waals surface area contributed by atoms with Crippen molar-refractivity contribution in [2.75, 3.05) is 44.2 Å². The highest BCUT2D eigenvalue weighted by Crippen LogP contribution is 2.29. The smallest absolute Gasteiger partial charge is 0.338 e. The molecule has 0 aromatic heterocycles. The number of hydrogen-bond acceptors (Lipinski definition) is 5. The predicted octanol–water partition coefficient (Wildman–Crippen LogP) is 3.24. The third-order valence-corrected chi connectivity index (χ3v) is 6.25. The number of aryl methyl sites for hydroxylation is 1. The van der Waals surface area contributed by atoms with E-state index in [1.807, 2.05) is 30.3 Å². The van der Waals surface area contributed by atoms with Gasteiger partial charge in [-0.2, -0.15) is 0 Å². The highest BCUT2D eigenvalue weighted by Gasteiger charge is 2.34. The average molecular weight is 449 g/mol. The largest absolute Gasteiger partial charge is 0.463 e. The van der Waals surface area contributed by atoms with Crippen LogP contribution in [0.4, 0.5) is 10.5 Å². The van der Waals surface area contributed by atoms with E-state index >= 15 is 0 Å². The van der Waals surface area contributed by atoms with Crippen molar-refractivity contribution in [3.05, 3.63) is 77.0 Å². The Balaban J connectivity index is 1.56. The molecule has 0 aliphatic carbocycles. The zero-order valence-corrected chi connectivity index (χ0v) is 19.3. The van der Waals surface area contributed by atoms with Crippen LogP contribution in [0.15, 0.2) is 65.9 Å². The number of carbonyl (C=O) groups excluding carboxylic acids is 2. The van der Waals surface area contributed by atoms with Gasteiger partial charge >= 0.3 is 12.0 Å². The van der Waals surface area contributed by atoms with Crippen molar-refractivity contribution in [1.82, 2.24) is 15.5 Å². The van der Waals surface area contributed by atoms with Gasteiger partial charge in [-0.25, -0.2) is 9.59 Å². The van der Waals surface area contributed by atoms with Crippen LogP contribution in [-0.2, 0) is 16.0 Å². The summed E-state index contributed by atoms with van der Waals surface area (Å²) < 4.78 is 5.39. The fourth-order valence-electron chi connectivity index (χ4n) is 4.41. The van der Waals surface area contributed by atoms with Gasteiger partial charge < -0.3 is 20.3 Å². The third-order valence-electron chi connectivity index (χ3n) is 6.25. The van der Waals surface area contributed by atoms with E-state index in [0.29, 0.717) is 17.8 Å². The first-order chi connectivity index (χ1) is 16.1. The van der Waals surface area contributed by atoms with E-state index in [-0.39, 0.29) is 12.6 Å². The van der Waals surface area contributed by atoms with Crippen molar-refractivity contribution in [3.63, 3.8) is 0 Å². The minimum absolute atomic E-state index is 0.279. The Kier molecular flexibility index (Phi) is 7.29. The van der Waals surface area contributed by atoms with Gasteiger partial charge in [-0.15, -0.1) is 0 Å². The number of amides is 2. The molecule has 0 bridgehead atoms. The summed E-state index contributed by atoms with van der Waals surface area (Å²) in [5.41, 5.74) is 4.39. The number of nitrogens with zero attached hydrogens (tertiary/aromatic N) is 2. The first kappa shape index (κ1) is 22.9. The summed E-state index contributed by atoms with van der Waals surface area (Å²) >= 11 is 0. The molecular weight excluding hydrogens is 416 g/mol. The van der Waals surface area contributed by atoms with Crippen molar-refractivity contribution < 1.29 is 14.3 Å². The lowest BCUT2D eigenvalue weighted by atomic mass is 9.94. The number of anilines is 1. The second-order valence-corrected chi connectivity index (χ2v) is 8.34. The summed E-state index contributed by atoms with van der Waals surface area (Å²) in [5.74, 6) is -0.396. The summed E-state index contributed by atoms with van der Waals surface area (Å²) in [6.45, 7) is 8.12. The van der Waals surface area contributed by atoms with Gasteiger partial charge in [0, 0.05) is 44.1 Å². The number of ether oxygens (including phenoxy) is 1. The van der Waals surface area contributed by atoms with Crippen molar-refractivity contribution in [2.45, 2.75) is 26.3 Å². The Morgan fingerprint density at radius 1 is 1.00 bits per heavy atom. The maximum absolute atomic E-state index is 13.0. The van der Waals surface area contributed by atoms with Gasteiger partial charge in [0.15, 0.2) is 0 Å². The van der Waals surface area contributed by atoms with E-state index in [1.54, 1.807) is 6.92 Å². The second kappa shape index (κ2) is 10.5. The third kappa shape index (κ3) is 5.37. The molecule has 2 aliphatic rings. The number of nitrogens with one attached hydrogen (secondary N) is 2. The molecule has 2 amide bonds. The summed E-state index contributed by atoms with van der Waals surface area (Å²) in [5, 5.41) is 5.81. The molecule has 174 valence electrons. The van der Waals surface area contributed by atoms with Gasteiger partial charge in [0.25, 0.3) is 0 Å². The first-order valence-electron chi connectivity index (χ1n) is 11.7. The molecule has 2 heterocycles. The van der Waals surface area contributed by atoms with Gasteiger partial charge in [-0.05, 0) is 36.6 Å². The van der Waals surface area contributed by atoms with Crippen LogP contribution in [0, 0.1) is 0 Å². The molecule has 0 unspecified atom stereocenters. The summed E-state index contributed by atoms with van der Waals surface area (Å²) in [7, 11) is 0. The van der Waals surface area contributed by atoms with E-state index in [1.165, 1.54) is 11.3 Å². The molecule has 0 saturated carbocycles. The van der Waals surface area contributed by atoms with Crippen molar-refractivity contribution >= 4 is 17.7 Å². The number of piperazine rings is 1. The van der Waals surface area contributed by atoms with Gasteiger partial charge in [0.05, 0.1) is 18.2 Å². The molecule has 0 radical (unpaired) electrons. The van der Waals surface area contributed by atoms with Crippen LogP contribution < -0.4 is 15.5 Å². The van der Waals surface area contributed by atoms with Crippen LogP contribution in [0.5, 0.6) is 0 Å². The molecule has 2 aliphatic heterocycles.